The number of likely N-dealkylation sites (tertiary alicyclic amines) is 1. The van der Waals surface area contributed by atoms with Crippen LogP contribution in [0, 0.1) is 6.92 Å². The molecular formula is C20H25N3O2S. The van der Waals surface area contributed by atoms with Crippen molar-refractivity contribution in [1.82, 2.24) is 15.5 Å². The molecule has 138 valence electrons. The van der Waals surface area contributed by atoms with E-state index in [9.17, 15) is 9.59 Å². The first kappa shape index (κ1) is 18.6. The molecule has 1 fully saturated rings. The van der Waals surface area contributed by atoms with Gasteiger partial charge in [-0.2, -0.15) is 0 Å². The van der Waals surface area contributed by atoms with Crippen LogP contribution < -0.4 is 10.6 Å². The van der Waals surface area contributed by atoms with Gasteiger partial charge in [-0.25, -0.2) is 0 Å². The fourth-order valence-electron chi connectivity index (χ4n) is 3.28. The Morgan fingerprint density at radius 2 is 2.00 bits per heavy atom. The van der Waals surface area contributed by atoms with E-state index in [1.54, 1.807) is 6.07 Å². The van der Waals surface area contributed by atoms with Gasteiger partial charge in [0, 0.05) is 30.1 Å². The summed E-state index contributed by atoms with van der Waals surface area (Å²) in [5.41, 5.74) is 1.29. The molecule has 2 aromatic rings. The van der Waals surface area contributed by atoms with Crippen LogP contribution in [-0.2, 0) is 4.79 Å². The van der Waals surface area contributed by atoms with Gasteiger partial charge < -0.3 is 10.6 Å². The van der Waals surface area contributed by atoms with Gasteiger partial charge in [-0.15, -0.1) is 11.3 Å². The zero-order chi connectivity index (χ0) is 18.5. The molecule has 0 saturated carbocycles. The average Bonchev–Trinajstić information content (AvgIpc) is 3.29. The van der Waals surface area contributed by atoms with Crippen LogP contribution in [0.3, 0.4) is 0 Å². The predicted molar refractivity (Wildman–Crippen MR) is 104 cm³/mol. The molecule has 6 heteroatoms. The molecule has 2 unspecified atom stereocenters. The van der Waals surface area contributed by atoms with Crippen LogP contribution in [0.15, 0.2) is 42.5 Å². The number of amides is 2. The third-order valence-electron chi connectivity index (χ3n) is 4.79. The molecule has 5 nitrogen and oxygen atoms in total. The van der Waals surface area contributed by atoms with Gasteiger partial charge in [0.1, 0.15) is 0 Å². The van der Waals surface area contributed by atoms with E-state index in [2.05, 4.69) is 46.7 Å². The first-order valence-corrected chi connectivity index (χ1v) is 9.77. The summed E-state index contributed by atoms with van der Waals surface area (Å²) in [4.78, 5) is 28.3. The molecule has 2 N–H and O–H groups in total. The molecule has 2 heterocycles. The van der Waals surface area contributed by atoms with Gasteiger partial charge in [0.15, 0.2) is 0 Å². The summed E-state index contributed by atoms with van der Waals surface area (Å²) in [7, 11) is 0. The van der Waals surface area contributed by atoms with Crippen LogP contribution in [0.4, 0.5) is 0 Å². The smallest absolute Gasteiger partial charge is 0.261 e. The highest BCUT2D eigenvalue weighted by Crippen LogP contribution is 2.24. The van der Waals surface area contributed by atoms with E-state index in [1.807, 2.05) is 19.1 Å². The molecule has 26 heavy (non-hydrogen) atoms. The van der Waals surface area contributed by atoms with Crippen molar-refractivity contribution in [2.24, 2.45) is 0 Å². The van der Waals surface area contributed by atoms with Crippen LogP contribution in [0.25, 0.3) is 0 Å². The number of carbonyl (C=O) groups is 2. The summed E-state index contributed by atoms with van der Waals surface area (Å²) >= 11 is 1.43. The van der Waals surface area contributed by atoms with Crippen molar-refractivity contribution in [2.45, 2.75) is 32.4 Å². The third-order valence-corrected chi connectivity index (χ3v) is 5.79. The predicted octanol–water partition coefficient (Wildman–Crippen LogP) is 2.74. The Bertz CT molecular complexity index is 759. The number of nitrogens with zero attached hydrogens (tertiary/aromatic N) is 1. The Hall–Kier alpha value is -2.18. The number of rotatable bonds is 6. The van der Waals surface area contributed by atoms with Crippen LogP contribution >= 0.6 is 11.3 Å². The Balaban J connectivity index is 1.43. The molecule has 2 amide bonds. The SMILES string of the molecule is Cc1ccc(C(=O)NCC(=O)NC2CCN(C(C)c3ccccc3)C2)s1. The first-order chi connectivity index (χ1) is 12.5. The average molecular weight is 372 g/mol. The lowest BCUT2D eigenvalue weighted by Crippen LogP contribution is -2.43. The second-order valence-corrected chi connectivity index (χ2v) is 8.02. The van der Waals surface area contributed by atoms with Crippen molar-refractivity contribution in [3.05, 3.63) is 57.8 Å². The lowest BCUT2D eigenvalue weighted by molar-refractivity contribution is -0.120. The van der Waals surface area contributed by atoms with Crippen molar-refractivity contribution < 1.29 is 9.59 Å². The summed E-state index contributed by atoms with van der Waals surface area (Å²) in [6.45, 7) is 5.96. The van der Waals surface area contributed by atoms with Crippen LogP contribution in [0.1, 0.15) is 39.5 Å². The number of nitrogens with one attached hydrogen (secondary N) is 2. The van der Waals surface area contributed by atoms with Gasteiger partial charge >= 0.3 is 0 Å². The maximum absolute atomic E-state index is 12.1. The lowest BCUT2D eigenvalue weighted by Gasteiger charge is -2.24. The van der Waals surface area contributed by atoms with Crippen LogP contribution in [0.2, 0.25) is 0 Å². The summed E-state index contributed by atoms with van der Waals surface area (Å²) in [6, 6.07) is 14.6. The Morgan fingerprint density at radius 1 is 1.23 bits per heavy atom. The zero-order valence-electron chi connectivity index (χ0n) is 15.2. The fourth-order valence-corrected chi connectivity index (χ4v) is 4.07. The molecular weight excluding hydrogens is 346 g/mol. The fraction of sp³-hybridized carbons (Fsp3) is 0.400. The van der Waals surface area contributed by atoms with Crippen LogP contribution in [0.5, 0.6) is 0 Å². The number of hydrogen-bond acceptors (Lipinski definition) is 4. The molecule has 1 aliphatic rings. The highest BCUT2D eigenvalue weighted by molar-refractivity contribution is 7.13. The van der Waals surface area contributed by atoms with E-state index in [4.69, 9.17) is 0 Å². The summed E-state index contributed by atoms with van der Waals surface area (Å²) in [5.74, 6) is -0.324. The lowest BCUT2D eigenvalue weighted by atomic mass is 10.1. The molecule has 1 aromatic heterocycles. The minimum absolute atomic E-state index is 0.0144. The molecule has 0 bridgehead atoms. The zero-order valence-corrected chi connectivity index (χ0v) is 16.0. The second kappa shape index (κ2) is 8.47. The highest BCUT2D eigenvalue weighted by Gasteiger charge is 2.27. The maximum Gasteiger partial charge on any atom is 0.261 e. The van der Waals surface area contributed by atoms with E-state index in [1.165, 1.54) is 16.9 Å². The molecule has 1 aliphatic heterocycles. The van der Waals surface area contributed by atoms with Gasteiger partial charge in [0.25, 0.3) is 5.91 Å². The summed E-state index contributed by atoms with van der Waals surface area (Å²) in [6.07, 6.45) is 0.932. The highest BCUT2D eigenvalue weighted by atomic mass is 32.1. The van der Waals surface area contributed by atoms with Gasteiger partial charge in [-0.05, 0) is 38.0 Å². The molecule has 0 spiro atoms. The van der Waals surface area contributed by atoms with E-state index in [-0.39, 0.29) is 24.4 Å². The molecule has 1 aromatic carbocycles. The molecule has 2 atom stereocenters. The van der Waals surface area contributed by atoms with Crippen molar-refractivity contribution in [3.63, 3.8) is 0 Å². The van der Waals surface area contributed by atoms with E-state index >= 15 is 0 Å². The Morgan fingerprint density at radius 3 is 2.69 bits per heavy atom. The molecule has 3 rings (SSSR count). The quantitative estimate of drug-likeness (QED) is 0.821. The number of thiophene rings is 1. The van der Waals surface area contributed by atoms with Gasteiger partial charge in [0.05, 0.1) is 11.4 Å². The van der Waals surface area contributed by atoms with Crippen molar-refractivity contribution >= 4 is 23.2 Å². The van der Waals surface area contributed by atoms with Gasteiger partial charge in [-0.3, -0.25) is 14.5 Å². The van der Waals surface area contributed by atoms with Crippen molar-refractivity contribution in [3.8, 4) is 0 Å². The van der Waals surface area contributed by atoms with Crippen molar-refractivity contribution in [1.29, 1.82) is 0 Å². The standard InChI is InChI=1S/C20H25N3O2S/c1-14-8-9-18(26-14)20(25)21-12-19(24)22-17-10-11-23(13-17)15(2)16-6-4-3-5-7-16/h3-9,15,17H,10-13H2,1-2H3,(H,21,25)(H,22,24). The molecule has 1 saturated heterocycles. The Kier molecular flexibility index (Phi) is 6.06. The largest absolute Gasteiger partial charge is 0.350 e. The second-order valence-electron chi connectivity index (χ2n) is 6.73. The van der Waals surface area contributed by atoms with Crippen molar-refractivity contribution in [2.75, 3.05) is 19.6 Å². The third kappa shape index (κ3) is 4.71. The normalized spacial score (nSPS) is 18.5. The van der Waals surface area contributed by atoms with Gasteiger partial charge in [0.2, 0.25) is 5.91 Å². The molecule has 0 radical (unpaired) electrons. The van der Waals surface area contributed by atoms with Crippen LogP contribution in [-0.4, -0.2) is 42.4 Å². The summed E-state index contributed by atoms with van der Waals surface area (Å²) in [5, 5.41) is 5.73. The number of benzene rings is 1. The number of carbonyl (C=O) groups excluding carboxylic acids is 2. The maximum atomic E-state index is 12.1. The van der Waals surface area contributed by atoms with Gasteiger partial charge in [-0.1, -0.05) is 30.3 Å². The Labute approximate surface area is 158 Å². The monoisotopic (exact) mass is 371 g/mol. The number of hydrogen-bond donors (Lipinski definition) is 2. The van der Waals surface area contributed by atoms with E-state index < -0.39 is 0 Å². The van der Waals surface area contributed by atoms with E-state index in [0.29, 0.717) is 10.9 Å². The molecule has 0 aliphatic carbocycles. The number of aryl methyl sites for hydroxylation is 1. The minimum atomic E-state index is -0.191. The minimum Gasteiger partial charge on any atom is -0.350 e. The van der Waals surface area contributed by atoms with E-state index in [0.717, 1.165) is 24.4 Å². The summed E-state index contributed by atoms with van der Waals surface area (Å²) < 4.78 is 0. The topological polar surface area (TPSA) is 61.4 Å². The first-order valence-electron chi connectivity index (χ1n) is 8.96.